The number of aldehydes is 1. The maximum atomic E-state index is 10.7. The average molecular weight is 258 g/mol. The summed E-state index contributed by atoms with van der Waals surface area (Å²) in [4.78, 5) is 18.7. The van der Waals surface area contributed by atoms with Crippen LogP contribution in [0, 0.1) is 0 Å². The quantitative estimate of drug-likeness (QED) is 0.793. The Morgan fingerprint density at radius 1 is 1.33 bits per heavy atom. The Bertz CT molecular complexity index is 550. The molecule has 0 saturated carbocycles. The summed E-state index contributed by atoms with van der Waals surface area (Å²) in [5, 5.41) is 0.613. The molecule has 1 aromatic carbocycles. The highest BCUT2D eigenvalue weighted by Gasteiger charge is 2.20. The Hall–Kier alpha value is -1.52. The third-order valence-electron chi connectivity index (χ3n) is 3.18. The maximum Gasteiger partial charge on any atom is 0.178 e. The topological polar surface area (TPSA) is 33.2 Å². The van der Waals surface area contributed by atoms with Crippen molar-refractivity contribution >= 4 is 17.6 Å². The van der Waals surface area contributed by atoms with Gasteiger partial charge in [-0.3, -0.25) is 9.69 Å². The molecule has 0 spiro atoms. The highest BCUT2D eigenvalue weighted by molar-refractivity contribution is 7.13. The minimum Gasteiger partial charge on any atom is -0.295 e. The van der Waals surface area contributed by atoms with Crippen LogP contribution in [0.4, 0.5) is 0 Å². The van der Waals surface area contributed by atoms with E-state index in [-0.39, 0.29) is 0 Å². The van der Waals surface area contributed by atoms with E-state index < -0.39 is 0 Å². The molecule has 0 unspecified atom stereocenters. The first-order valence-electron chi connectivity index (χ1n) is 6.05. The number of fused-ring (bicyclic) bond motifs is 1. The summed E-state index contributed by atoms with van der Waals surface area (Å²) >= 11 is 1.53. The SMILES string of the molecule is O=Cc1nc2c(s1)CN(Cc1ccccc1)CC2. The molecule has 1 aliphatic rings. The fraction of sp³-hybridized carbons (Fsp3) is 0.286. The molecule has 3 rings (SSSR count). The van der Waals surface area contributed by atoms with Crippen LogP contribution in [-0.2, 0) is 19.5 Å². The highest BCUT2D eigenvalue weighted by atomic mass is 32.1. The van der Waals surface area contributed by atoms with E-state index in [2.05, 4.69) is 34.1 Å². The van der Waals surface area contributed by atoms with Crippen LogP contribution in [0.5, 0.6) is 0 Å². The van der Waals surface area contributed by atoms with Gasteiger partial charge in [-0.1, -0.05) is 30.3 Å². The first kappa shape index (κ1) is 11.6. The molecule has 0 aliphatic carbocycles. The standard InChI is InChI=1S/C14H14N2OS/c17-10-14-15-12-6-7-16(9-13(12)18-14)8-11-4-2-1-3-5-11/h1-5,10H,6-9H2. The Kier molecular flexibility index (Phi) is 3.21. The van der Waals surface area contributed by atoms with Crippen LogP contribution in [0.15, 0.2) is 30.3 Å². The monoisotopic (exact) mass is 258 g/mol. The molecule has 0 radical (unpaired) electrons. The second kappa shape index (κ2) is 5.00. The van der Waals surface area contributed by atoms with Crippen LogP contribution in [0.3, 0.4) is 0 Å². The molecule has 3 nitrogen and oxygen atoms in total. The number of carbonyl (C=O) groups is 1. The van der Waals surface area contributed by atoms with Gasteiger partial charge in [0.2, 0.25) is 0 Å². The number of benzene rings is 1. The van der Waals surface area contributed by atoms with E-state index in [1.165, 1.54) is 21.8 Å². The van der Waals surface area contributed by atoms with Gasteiger partial charge in [-0.2, -0.15) is 0 Å². The lowest BCUT2D eigenvalue weighted by Gasteiger charge is -2.25. The fourth-order valence-electron chi connectivity index (χ4n) is 2.30. The van der Waals surface area contributed by atoms with Gasteiger partial charge >= 0.3 is 0 Å². The minimum atomic E-state index is 0.613. The van der Waals surface area contributed by atoms with Crippen LogP contribution >= 0.6 is 11.3 Å². The van der Waals surface area contributed by atoms with Crippen LogP contribution < -0.4 is 0 Å². The molecule has 1 aliphatic heterocycles. The highest BCUT2D eigenvalue weighted by Crippen LogP contribution is 2.25. The zero-order valence-electron chi connectivity index (χ0n) is 10.0. The summed E-state index contributed by atoms with van der Waals surface area (Å²) in [5.41, 5.74) is 2.45. The number of hydrogen-bond acceptors (Lipinski definition) is 4. The lowest BCUT2D eigenvalue weighted by atomic mass is 10.1. The second-order valence-corrected chi connectivity index (χ2v) is 5.60. The normalized spacial score (nSPS) is 15.3. The summed E-state index contributed by atoms with van der Waals surface area (Å²) in [6.45, 7) is 2.90. The van der Waals surface area contributed by atoms with E-state index in [0.717, 1.165) is 38.0 Å². The first-order chi connectivity index (χ1) is 8.85. The molecular weight excluding hydrogens is 244 g/mol. The predicted octanol–water partition coefficient (Wildman–Crippen LogP) is 2.51. The fourth-order valence-corrected chi connectivity index (χ4v) is 3.26. The predicted molar refractivity (Wildman–Crippen MR) is 71.8 cm³/mol. The van der Waals surface area contributed by atoms with Crippen LogP contribution in [0.25, 0.3) is 0 Å². The molecule has 0 fully saturated rings. The Labute approximate surface area is 110 Å². The van der Waals surface area contributed by atoms with E-state index in [4.69, 9.17) is 0 Å². The molecular formula is C14H14N2OS. The van der Waals surface area contributed by atoms with Crippen LogP contribution in [0.1, 0.15) is 25.9 Å². The largest absolute Gasteiger partial charge is 0.295 e. The van der Waals surface area contributed by atoms with Crippen molar-refractivity contribution < 1.29 is 4.79 Å². The van der Waals surface area contributed by atoms with Crippen molar-refractivity contribution in [3.05, 3.63) is 51.5 Å². The number of thiazole rings is 1. The molecule has 1 aromatic heterocycles. The lowest BCUT2D eigenvalue weighted by Crippen LogP contribution is -2.29. The molecule has 0 amide bonds. The summed E-state index contributed by atoms with van der Waals surface area (Å²) in [6.07, 6.45) is 1.80. The van der Waals surface area contributed by atoms with Crippen molar-refractivity contribution in [1.82, 2.24) is 9.88 Å². The van der Waals surface area contributed by atoms with Gasteiger partial charge in [-0.25, -0.2) is 4.98 Å². The van der Waals surface area contributed by atoms with Gasteiger partial charge in [0.05, 0.1) is 5.69 Å². The molecule has 0 atom stereocenters. The third-order valence-corrected chi connectivity index (χ3v) is 4.18. The number of aromatic nitrogens is 1. The molecule has 4 heteroatoms. The van der Waals surface area contributed by atoms with E-state index >= 15 is 0 Å². The van der Waals surface area contributed by atoms with Crippen molar-refractivity contribution in [2.45, 2.75) is 19.5 Å². The molecule has 0 N–H and O–H groups in total. The Morgan fingerprint density at radius 3 is 2.94 bits per heavy atom. The summed E-state index contributed by atoms with van der Waals surface area (Å²) in [5.74, 6) is 0. The van der Waals surface area contributed by atoms with Gasteiger partial charge in [0.25, 0.3) is 0 Å². The van der Waals surface area contributed by atoms with E-state index in [1.807, 2.05) is 6.07 Å². The van der Waals surface area contributed by atoms with Gasteiger partial charge in [0.1, 0.15) is 0 Å². The lowest BCUT2D eigenvalue weighted by molar-refractivity contribution is 0.112. The van der Waals surface area contributed by atoms with Crippen molar-refractivity contribution in [2.75, 3.05) is 6.54 Å². The van der Waals surface area contributed by atoms with Gasteiger partial charge < -0.3 is 0 Å². The second-order valence-electron chi connectivity index (χ2n) is 4.49. The van der Waals surface area contributed by atoms with Crippen molar-refractivity contribution in [2.24, 2.45) is 0 Å². The van der Waals surface area contributed by atoms with Gasteiger partial charge in [0, 0.05) is 30.9 Å². The molecule has 0 saturated heterocycles. The van der Waals surface area contributed by atoms with Crippen molar-refractivity contribution in [3.8, 4) is 0 Å². The van der Waals surface area contributed by atoms with Crippen molar-refractivity contribution in [1.29, 1.82) is 0 Å². The van der Waals surface area contributed by atoms with Gasteiger partial charge in [0.15, 0.2) is 11.3 Å². The number of nitrogens with zero attached hydrogens (tertiary/aromatic N) is 2. The molecule has 2 aromatic rings. The maximum absolute atomic E-state index is 10.7. The first-order valence-corrected chi connectivity index (χ1v) is 6.87. The minimum absolute atomic E-state index is 0.613. The van der Waals surface area contributed by atoms with E-state index in [1.54, 1.807) is 0 Å². The Morgan fingerprint density at radius 2 is 2.17 bits per heavy atom. The molecule has 2 heterocycles. The summed E-state index contributed by atoms with van der Waals surface area (Å²) in [7, 11) is 0. The molecule has 92 valence electrons. The summed E-state index contributed by atoms with van der Waals surface area (Å²) in [6, 6.07) is 10.5. The molecule has 0 bridgehead atoms. The zero-order valence-corrected chi connectivity index (χ0v) is 10.8. The van der Waals surface area contributed by atoms with Gasteiger partial charge in [-0.15, -0.1) is 11.3 Å². The molecule has 18 heavy (non-hydrogen) atoms. The third kappa shape index (κ3) is 2.35. The van der Waals surface area contributed by atoms with Crippen LogP contribution in [0.2, 0.25) is 0 Å². The number of rotatable bonds is 3. The zero-order chi connectivity index (χ0) is 12.4. The van der Waals surface area contributed by atoms with E-state index in [0.29, 0.717) is 5.01 Å². The number of carbonyl (C=O) groups excluding carboxylic acids is 1. The average Bonchev–Trinajstić information content (AvgIpc) is 2.82. The van der Waals surface area contributed by atoms with Gasteiger partial charge in [-0.05, 0) is 5.56 Å². The summed E-state index contributed by atoms with van der Waals surface area (Å²) < 4.78 is 0. The Balaban J connectivity index is 1.73. The van der Waals surface area contributed by atoms with Crippen LogP contribution in [-0.4, -0.2) is 22.7 Å². The number of hydrogen-bond donors (Lipinski definition) is 0. The van der Waals surface area contributed by atoms with Crippen molar-refractivity contribution in [3.63, 3.8) is 0 Å². The smallest absolute Gasteiger partial charge is 0.178 e. The van der Waals surface area contributed by atoms with E-state index in [9.17, 15) is 4.79 Å².